The van der Waals surface area contributed by atoms with E-state index in [1.165, 1.54) is 17.5 Å². The molecule has 0 radical (unpaired) electrons. The number of aryl methyl sites for hydroxylation is 1. The summed E-state index contributed by atoms with van der Waals surface area (Å²) in [4.78, 5) is 4.31. The lowest BCUT2D eigenvalue weighted by atomic mass is 10.0. The van der Waals surface area contributed by atoms with Gasteiger partial charge in [-0.3, -0.25) is 0 Å². The maximum Gasteiger partial charge on any atom is 0.181 e. The lowest BCUT2D eigenvalue weighted by Gasteiger charge is -2.08. The minimum atomic E-state index is 0.757. The van der Waals surface area contributed by atoms with Gasteiger partial charge in [0.1, 0.15) is 5.69 Å². The molecule has 0 aliphatic rings. The van der Waals surface area contributed by atoms with E-state index in [2.05, 4.69) is 49.3 Å². The third kappa shape index (κ3) is 2.62. The van der Waals surface area contributed by atoms with Crippen molar-refractivity contribution >= 4 is 0 Å². The van der Waals surface area contributed by atoms with Gasteiger partial charge in [-0.05, 0) is 37.9 Å². The Kier molecular flexibility index (Phi) is 4.15. The molecule has 2 rings (SSSR count). The Morgan fingerprint density at radius 2 is 2.11 bits per heavy atom. The van der Waals surface area contributed by atoms with E-state index in [-0.39, 0.29) is 0 Å². The van der Waals surface area contributed by atoms with E-state index in [4.69, 9.17) is 4.42 Å². The van der Waals surface area contributed by atoms with Gasteiger partial charge < -0.3 is 9.73 Å². The summed E-state index contributed by atoms with van der Waals surface area (Å²) < 4.78 is 5.57. The standard InChI is InChI=1S/C15H20N2O/c1-4-8-16-9-14-15(18-10-17-14)13-7-5-6-11(2)12(13)3/h5-7,10,16H,4,8-9H2,1-3H3. The van der Waals surface area contributed by atoms with Crippen LogP contribution < -0.4 is 5.32 Å². The van der Waals surface area contributed by atoms with Gasteiger partial charge in [-0.2, -0.15) is 0 Å². The highest BCUT2D eigenvalue weighted by Crippen LogP contribution is 2.27. The topological polar surface area (TPSA) is 38.1 Å². The summed E-state index contributed by atoms with van der Waals surface area (Å²) in [7, 11) is 0. The number of nitrogens with zero attached hydrogens (tertiary/aromatic N) is 1. The SMILES string of the molecule is CCCNCc1ncoc1-c1cccc(C)c1C. The van der Waals surface area contributed by atoms with Crippen molar-refractivity contribution in [2.24, 2.45) is 0 Å². The van der Waals surface area contributed by atoms with Crippen molar-refractivity contribution in [1.29, 1.82) is 0 Å². The minimum absolute atomic E-state index is 0.757. The first-order valence-corrected chi connectivity index (χ1v) is 6.43. The smallest absolute Gasteiger partial charge is 0.181 e. The molecule has 1 N–H and O–H groups in total. The van der Waals surface area contributed by atoms with Crippen LogP contribution in [0.1, 0.15) is 30.2 Å². The van der Waals surface area contributed by atoms with Crippen LogP contribution in [-0.2, 0) is 6.54 Å². The highest BCUT2D eigenvalue weighted by Gasteiger charge is 2.13. The molecule has 1 aromatic heterocycles. The molecule has 0 bridgehead atoms. The highest BCUT2D eigenvalue weighted by atomic mass is 16.3. The summed E-state index contributed by atoms with van der Waals surface area (Å²) >= 11 is 0. The van der Waals surface area contributed by atoms with E-state index in [0.29, 0.717) is 0 Å². The molecule has 18 heavy (non-hydrogen) atoms. The minimum Gasteiger partial charge on any atom is -0.443 e. The molecule has 0 aliphatic heterocycles. The largest absolute Gasteiger partial charge is 0.443 e. The molecule has 1 aromatic carbocycles. The molecule has 0 saturated heterocycles. The van der Waals surface area contributed by atoms with Gasteiger partial charge in [-0.25, -0.2) is 4.98 Å². The predicted octanol–water partition coefficient (Wildman–Crippen LogP) is 3.46. The van der Waals surface area contributed by atoms with Crippen LogP contribution in [0.4, 0.5) is 0 Å². The molecule has 0 unspecified atom stereocenters. The Balaban J connectivity index is 2.28. The first-order chi connectivity index (χ1) is 8.74. The summed E-state index contributed by atoms with van der Waals surface area (Å²) in [6.07, 6.45) is 2.65. The van der Waals surface area contributed by atoms with E-state index >= 15 is 0 Å². The van der Waals surface area contributed by atoms with Crippen LogP contribution in [0.5, 0.6) is 0 Å². The lowest BCUT2D eigenvalue weighted by Crippen LogP contribution is -2.14. The fourth-order valence-electron chi connectivity index (χ4n) is 1.99. The first-order valence-electron chi connectivity index (χ1n) is 6.43. The van der Waals surface area contributed by atoms with E-state index in [1.807, 2.05) is 0 Å². The predicted molar refractivity (Wildman–Crippen MR) is 73.4 cm³/mol. The zero-order chi connectivity index (χ0) is 13.0. The lowest BCUT2D eigenvalue weighted by molar-refractivity contribution is 0.569. The van der Waals surface area contributed by atoms with Crippen molar-refractivity contribution in [3.8, 4) is 11.3 Å². The second-order valence-corrected chi connectivity index (χ2v) is 4.55. The Labute approximate surface area is 108 Å². The van der Waals surface area contributed by atoms with Gasteiger partial charge in [0.15, 0.2) is 12.2 Å². The number of oxazole rings is 1. The molecule has 3 heteroatoms. The van der Waals surface area contributed by atoms with Gasteiger partial charge in [0, 0.05) is 12.1 Å². The molecule has 0 saturated carbocycles. The van der Waals surface area contributed by atoms with Crippen LogP contribution in [0.15, 0.2) is 29.0 Å². The van der Waals surface area contributed by atoms with Crippen molar-refractivity contribution in [3.63, 3.8) is 0 Å². The Morgan fingerprint density at radius 1 is 1.28 bits per heavy atom. The molecule has 0 spiro atoms. The van der Waals surface area contributed by atoms with Crippen molar-refractivity contribution in [2.45, 2.75) is 33.7 Å². The van der Waals surface area contributed by atoms with Crippen LogP contribution in [-0.4, -0.2) is 11.5 Å². The van der Waals surface area contributed by atoms with Gasteiger partial charge in [0.05, 0.1) is 0 Å². The van der Waals surface area contributed by atoms with Gasteiger partial charge in [-0.15, -0.1) is 0 Å². The van der Waals surface area contributed by atoms with Crippen LogP contribution in [0.3, 0.4) is 0 Å². The number of rotatable bonds is 5. The third-order valence-corrected chi connectivity index (χ3v) is 3.21. The normalized spacial score (nSPS) is 10.8. The maximum absolute atomic E-state index is 5.57. The molecular weight excluding hydrogens is 224 g/mol. The summed E-state index contributed by atoms with van der Waals surface area (Å²) in [5.41, 5.74) is 4.65. The average Bonchev–Trinajstić information content (AvgIpc) is 2.81. The number of aromatic nitrogens is 1. The Hall–Kier alpha value is -1.61. The molecule has 0 aliphatic carbocycles. The molecule has 0 atom stereocenters. The molecule has 2 aromatic rings. The van der Waals surface area contributed by atoms with Gasteiger partial charge in [-0.1, -0.05) is 25.1 Å². The quantitative estimate of drug-likeness (QED) is 0.818. The monoisotopic (exact) mass is 244 g/mol. The van der Waals surface area contributed by atoms with Gasteiger partial charge >= 0.3 is 0 Å². The van der Waals surface area contributed by atoms with Crippen LogP contribution in [0, 0.1) is 13.8 Å². The van der Waals surface area contributed by atoms with E-state index in [0.717, 1.165) is 36.5 Å². The Bertz CT molecular complexity index is 517. The van der Waals surface area contributed by atoms with Crippen LogP contribution in [0.2, 0.25) is 0 Å². The highest BCUT2D eigenvalue weighted by molar-refractivity contribution is 5.65. The van der Waals surface area contributed by atoms with E-state index in [9.17, 15) is 0 Å². The Morgan fingerprint density at radius 3 is 2.89 bits per heavy atom. The summed E-state index contributed by atoms with van der Waals surface area (Å²) in [5.74, 6) is 0.889. The molecular formula is C15H20N2O. The fraction of sp³-hybridized carbons (Fsp3) is 0.400. The molecule has 1 heterocycles. The molecule has 0 fully saturated rings. The average molecular weight is 244 g/mol. The number of nitrogens with one attached hydrogen (secondary N) is 1. The third-order valence-electron chi connectivity index (χ3n) is 3.21. The van der Waals surface area contributed by atoms with Gasteiger partial charge in [0.2, 0.25) is 0 Å². The molecule has 96 valence electrons. The summed E-state index contributed by atoms with van der Waals surface area (Å²) in [6.45, 7) is 8.15. The van der Waals surface area contributed by atoms with Gasteiger partial charge in [0.25, 0.3) is 0 Å². The molecule has 0 amide bonds. The fourth-order valence-corrected chi connectivity index (χ4v) is 1.99. The van der Waals surface area contributed by atoms with Crippen molar-refractivity contribution in [2.75, 3.05) is 6.54 Å². The van der Waals surface area contributed by atoms with Crippen LogP contribution >= 0.6 is 0 Å². The number of benzene rings is 1. The summed E-state index contributed by atoms with van der Waals surface area (Å²) in [6, 6.07) is 6.26. The van der Waals surface area contributed by atoms with Crippen molar-refractivity contribution in [3.05, 3.63) is 41.4 Å². The number of hydrogen-bond donors (Lipinski definition) is 1. The first kappa shape index (κ1) is 12.8. The zero-order valence-electron chi connectivity index (χ0n) is 11.3. The molecule has 3 nitrogen and oxygen atoms in total. The van der Waals surface area contributed by atoms with Crippen molar-refractivity contribution in [1.82, 2.24) is 10.3 Å². The van der Waals surface area contributed by atoms with Crippen LogP contribution in [0.25, 0.3) is 11.3 Å². The van der Waals surface area contributed by atoms with E-state index in [1.54, 1.807) is 0 Å². The number of hydrogen-bond acceptors (Lipinski definition) is 3. The zero-order valence-corrected chi connectivity index (χ0v) is 11.3. The second-order valence-electron chi connectivity index (χ2n) is 4.55. The second kappa shape index (κ2) is 5.83. The maximum atomic E-state index is 5.57. The van der Waals surface area contributed by atoms with E-state index < -0.39 is 0 Å². The summed E-state index contributed by atoms with van der Waals surface area (Å²) in [5, 5.41) is 3.36. The van der Waals surface area contributed by atoms with Crippen molar-refractivity contribution < 1.29 is 4.42 Å².